The Morgan fingerprint density at radius 3 is 2.67 bits per heavy atom. The van der Waals surface area contributed by atoms with Crippen LogP contribution < -0.4 is 5.32 Å². The van der Waals surface area contributed by atoms with E-state index >= 15 is 0 Å². The number of thioether (sulfide) groups is 1. The Balaban J connectivity index is 2.52. The summed E-state index contributed by atoms with van der Waals surface area (Å²) in [6.45, 7) is 2.14. The number of nitrogens with zero attached hydrogens (tertiary/aromatic N) is 1. The Kier molecular flexibility index (Phi) is 1.90. The number of rotatable bonds is 1. The van der Waals surface area contributed by atoms with E-state index in [0.717, 1.165) is 0 Å². The molecule has 1 aliphatic rings. The fourth-order valence-corrected chi connectivity index (χ4v) is 1.31. The molecule has 1 heterocycles. The average molecular weight is 144 g/mol. The van der Waals surface area contributed by atoms with Crippen molar-refractivity contribution in [1.29, 1.82) is 0 Å². The van der Waals surface area contributed by atoms with E-state index in [9.17, 15) is 0 Å². The highest BCUT2D eigenvalue weighted by molar-refractivity contribution is 8.02. The van der Waals surface area contributed by atoms with Gasteiger partial charge in [-0.3, -0.25) is 0 Å². The first kappa shape index (κ1) is 6.81. The largest absolute Gasteiger partial charge is 0.359 e. The first-order chi connectivity index (χ1) is 4.24. The highest BCUT2D eigenvalue weighted by atomic mass is 32.2. The molecular weight excluding hydrogens is 132 g/mol. The lowest BCUT2D eigenvalue weighted by Gasteiger charge is -2.14. The number of hydrogen-bond acceptors (Lipinski definition) is 3. The van der Waals surface area contributed by atoms with Gasteiger partial charge in [0.15, 0.2) is 0 Å². The van der Waals surface area contributed by atoms with Crippen molar-refractivity contribution in [3.8, 4) is 0 Å². The summed E-state index contributed by atoms with van der Waals surface area (Å²) in [7, 11) is 2.07. The van der Waals surface area contributed by atoms with E-state index in [-0.39, 0.29) is 0 Å². The van der Waals surface area contributed by atoms with Crippen molar-refractivity contribution in [2.24, 2.45) is 0 Å². The molecule has 1 unspecified atom stereocenters. The van der Waals surface area contributed by atoms with E-state index in [4.69, 9.17) is 0 Å². The van der Waals surface area contributed by atoms with Gasteiger partial charge in [-0.1, -0.05) is 0 Å². The first-order valence-electron chi connectivity index (χ1n) is 2.98. The predicted molar refractivity (Wildman–Crippen MR) is 42.0 cm³/mol. The standard InChI is InChI=1S/C6H12N2S/c1-5-7-6(9-3)4-8(5)2/h4-5,7H,1-3H3. The second kappa shape index (κ2) is 2.52. The minimum atomic E-state index is 0.465. The molecule has 0 fully saturated rings. The fourth-order valence-electron chi connectivity index (χ4n) is 0.753. The maximum absolute atomic E-state index is 3.30. The van der Waals surface area contributed by atoms with Crippen LogP contribution in [0.3, 0.4) is 0 Å². The van der Waals surface area contributed by atoms with Crippen molar-refractivity contribution < 1.29 is 0 Å². The molecule has 2 nitrogen and oxygen atoms in total. The Labute approximate surface area is 60.3 Å². The monoisotopic (exact) mass is 144 g/mol. The normalized spacial score (nSPS) is 25.9. The van der Waals surface area contributed by atoms with Gasteiger partial charge in [0, 0.05) is 13.2 Å². The molecule has 0 aromatic heterocycles. The van der Waals surface area contributed by atoms with Crippen LogP contribution in [0.15, 0.2) is 11.2 Å². The first-order valence-corrected chi connectivity index (χ1v) is 4.21. The second-order valence-corrected chi connectivity index (χ2v) is 3.03. The molecule has 0 radical (unpaired) electrons. The molecule has 1 rings (SSSR count). The van der Waals surface area contributed by atoms with Gasteiger partial charge in [-0.25, -0.2) is 0 Å². The van der Waals surface area contributed by atoms with Crippen LogP contribution >= 0.6 is 11.8 Å². The van der Waals surface area contributed by atoms with E-state index in [1.807, 2.05) is 0 Å². The summed E-state index contributed by atoms with van der Waals surface area (Å²) in [5.74, 6) is 0. The molecular formula is C6H12N2S. The molecule has 0 spiro atoms. The highest BCUT2D eigenvalue weighted by Gasteiger charge is 2.13. The molecule has 0 saturated heterocycles. The maximum Gasteiger partial charge on any atom is 0.0958 e. The molecule has 0 bridgehead atoms. The summed E-state index contributed by atoms with van der Waals surface area (Å²) < 4.78 is 0. The van der Waals surface area contributed by atoms with Crippen LogP contribution in [0.5, 0.6) is 0 Å². The zero-order chi connectivity index (χ0) is 6.85. The quantitative estimate of drug-likeness (QED) is 0.591. The third kappa shape index (κ3) is 1.33. The minimum Gasteiger partial charge on any atom is -0.359 e. The van der Waals surface area contributed by atoms with Gasteiger partial charge >= 0.3 is 0 Å². The van der Waals surface area contributed by atoms with Crippen molar-refractivity contribution in [1.82, 2.24) is 10.2 Å². The smallest absolute Gasteiger partial charge is 0.0958 e. The van der Waals surface area contributed by atoms with E-state index in [1.54, 1.807) is 11.8 Å². The fraction of sp³-hybridized carbons (Fsp3) is 0.667. The Bertz CT molecular complexity index is 133. The van der Waals surface area contributed by atoms with Crippen molar-refractivity contribution in [3.05, 3.63) is 11.2 Å². The van der Waals surface area contributed by atoms with Crippen LogP contribution in [0.2, 0.25) is 0 Å². The summed E-state index contributed by atoms with van der Waals surface area (Å²) in [6, 6.07) is 0. The topological polar surface area (TPSA) is 15.3 Å². The Hall–Kier alpha value is -0.310. The predicted octanol–water partition coefficient (Wildman–Crippen LogP) is 1.03. The van der Waals surface area contributed by atoms with Crippen molar-refractivity contribution >= 4 is 11.8 Å². The van der Waals surface area contributed by atoms with Crippen LogP contribution in [0.4, 0.5) is 0 Å². The van der Waals surface area contributed by atoms with Crippen LogP contribution in [0, 0.1) is 0 Å². The third-order valence-electron chi connectivity index (χ3n) is 1.50. The summed E-state index contributed by atoms with van der Waals surface area (Å²) in [4.78, 5) is 2.16. The molecule has 0 saturated carbocycles. The molecule has 1 atom stereocenters. The second-order valence-electron chi connectivity index (χ2n) is 2.18. The summed E-state index contributed by atoms with van der Waals surface area (Å²) in [5.41, 5.74) is 0. The zero-order valence-corrected chi connectivity index (χ0v) is 6.83. The molecule has 1 aliphatic heterocycles. The van der Waals surface area contributed by atoms with Gasteiger partial charge in [0.25, 0.3) is 0 Å². The average Bonchev–Trinajstić information content (AvgIpc) is 2.13. The van der Waals surface area contributed by atoms with Gasteiger partial charge in [0.1, 0.15) is 0 Å². The van der Waals surface area contributed by atoms with Crippen LogP contribution in [-0.2, 0) is 0 Å². The third-order valence-corrected chi connectivity index (χ3v) is 2.17. The van der Waals surface area contributed by atoms with Crippen LogP contribution in [-0.4, -0.2) is 24.4 Å². The van der Waals surface area contributed by atoms with Gasteiger partial charge in [-0.2, -0.15) is 0 Å². The summed E-state index contributed by atoms with van der Waals surface area (Å²) >= 11 is 1.75. The van der Waals surface area contributed by atoms with Crippen LogP contribution in [0.1, 0.15) is 6.92 Å². The van der Waals surface area contributed by atoms with E-state index in [1.165, 1.54) is 5.03 Å². The Morgan fingerprint density at radius 1 is 1.78 bits per heavy atom. The molecule has 3 heteroatoms. The van der Waals surface area contributed by atoms with Crippen LogP contribution in [0.25, 0.3) is 0 Å². The van der Waals surface area contributed by atoms with E-state index < -0.39 is 0 Å². The van der Waals surface area contributed by atoms with Gasteiger partial charge in [-0.05, 0) is 13.2 Å². The highest BCUT2D eigenvalue weighted by Crippen LogP contribution is 2.16. The Morgan fingerprint density at radius 2 is 2.44 bits per heavy atom. The van der Waals surface area contributed by atoms with Gasteiger partial charge in [0.2, 0.25) is 0 Å². The van der Waals surface area contributed by atoms with E-state index in [0.29, 0.717) is 6.17 Å². The molecule has 0 amide bonds. The summed E-state index contributed by atoms with van der Waals surface area (Å²) in [5, 5.41) is 4.56. The number of nitrogens with one attached hydrogen (secondary N) is 1. The molecule has 9 heavy (non-hydrogen) atoms. The molecule has 0 aliphatic carbocycles. The minimum absolute atomic E-state index is 0.465. The van der Waals surface area contributed by atoms with Crippen molar-refractivity contribution in [3.63, 3.8) is 0 Å². The van der Waals surface area contributed by atoms with Crippen molar-refractivity contribution in [2.45, 2.75) is 13.1 Å². The molecule has 0 aromatic rings. The lowest BCUT2D eigenvalue weighted by atomic mass is 10.6. The van der Waals surface area contributed by atoms with Gasteiger partial charge in [-0.15, -0.1) is 11.8 Å². The van der Waals surface area contributed by atoms with E-state index in [2.05, 4.69) is 36.6 Å². The lowest BCUT2D eigenvalue weighted by molar-refractivity contribution is 0.356. The molecule has 1 N–H and O–H groups in total. The van der Waals surface area contributed by atoms with Crippen molar-refractivity contribution in [2.75, 3.05) is 13.3 Å². The molecule has 0 aromatic carbocycles. The maximum atomic E-state index is 3.30. The molecule has 52 valence electrons. The zero-order valence-electron chi connectivity index (χ0n) is 6.01. The SMILES string of the molecule is CSC1=CN(C)C(C)N1. The number of hydrogen-bond donors (Lipinski definition) is 1. The van der Waals surface area contributed by atoms with Gasteiger partial charge < -0.3 is 10.2 Å². The summed E-state index contributed by atoms with van der Waals surface area (Å²) in [6.07, 6.45) is 4.66. The lowest BCUT2D eigenvalue weighted by Crippen LogP contribution is -2.29. The van der Waals surface area contributed by atoms with Gasteiger partial charge in [0.05, 0.1) is 11.2 Å².